The fourth-order valence-electron chi connectivity index (χ4n) is 5.04. The molecule has 6 rings (SSSR count). The molecule has 3 aromatic carbocycles. The molecule has 0 bridgehead atoms. The van der Waals surface area contributed by atoms with E-state index >= 15 is 0 Å². The Bertz CT molecular complexity index is 2050. The highest BCUT2D eigenvalue weighted by Crippen LogP contribution is 2.33. The van der Waals surface area contributed by atoms with Crippen molar-refractivity contribution in [2.75, 3.05) is 0 Å². The smallest absolute Gasteiger partial charge is 0.271 e. The van der Waals surface area contributed by atoms with Gasteiger partial charge < -0.3 is 4.74 Å². The molecule has 0 atom stereocenters. The summed E-state index contributed by atoms with van der Waals surface area (Å²) in [5.41, 5.74) is 4.73. The van der Waals surface area contributed by atoms with Crippen molar-refractivity contribution in [2.45, 2.75) is 20.1 Å². The number of ether oxygens (including phenoxy) is 1. The summed E-state index contributed by atoms with van der Waals surface area (Å²) in [5.74, 6) is -0.517. The van der Waals surface area contributed by atoms with Crippen molar-refractivity contribution in [3.63, 3.8) is 0 Å². The van der Waals surface area contributed by atoms with E-state index in [0.717, 1.165) is 21.7 Å². The van der Waals surface area contributed by atoms with Gasteiger partial charge in [-0.05, 0) is 78.7 Å². The lowest BCUT2D eigenvalue weighted by Gasteiger charge is -2.27. The number of nitrogens with zero attached hydrogens (tertiary/aromatic N) is 5. The molecule has 46 heavy (non-hydrogen) atoms. The largest absolute Gasteiger partial charge is 0.489 e. The van der Waals surface area contributed by atoms with E-state index in [-0.39, 0.29) is 24.3 Å². The molecule has 0 fully saturated rings. The van der Waals surface area contributed by atoms with E-state index in [4.69, 9.17) is 33.0 Å². The van der Waals surface area contributed by atoms with Crippen LogP contribution in [-0.4, -0.2) is 31.5 Å². The van der Waals surface area contributed by atoms with Gasteiger partial charge in [-0.25, -0.2) is 4.68 Å². The maximum absolute atomic E-state index is 13.8. The monoisotopic (exact) mass is 645 g/mol. The Morgan fingerprint density at radius 3 is 2.43 bits per heavy atom. The van der Waals surface area contributed by atoms with Crippen LogP contribution >= 0.6 is 23.2 Å². The minimum Gasteiger partial charge on any atom is -0.489 e. The molecular weight excluding hydrogens is 621 g/mol. The zero-order valence-electron chi connectivity index (χ0n) is 24.5. The van der Waals surface area contributed by atoms with Crippen LogP contribution < -0.4 is 4.74 Å². The number of benzene rings is 3. The molecule has 2 amide bonds. The molecule has 0 spiro atoms. The van der Waals surface area contributed by atoms with E-state index in [0.29, 0.717) is 38.2 Å². The van der Waals surface area contributed by atoms with Gasteiger partial charge in [-0.15, -0.1) is 0 Å². The molecule has 0 unspecified atom stereocenters. The molecular formula is C36H25Cl2N5O3. The molecule has 0 aliphatic carbocycles. The van der Waals surface area contributed by atoms with Crippen LogP contribution in [0.4, 0.5) is 0 Å². The Balaban J connectivity index is 1.37. The second kappa shape index (κ2) is 13.2. The summed E-state index contributed by atoms with van der Waals surface area (Å²) in [6.07, 6.45) is 6.70. The van der Waals surface area contributed by atoms with E-state index < -0.39 is 11.8 Å². The normalized spacial score (nSPS) is 14.1. The molecule has 5 aromatic rings. The number of hydrogen-bond acceptors (Lipinski definition) is 6. The van der Waals surface area contributed by atoms with Crippen LogP contribution in [0.15, 0.2) is 120 Å². The summed E-state index contributed by atoms with van der Waals surface area (Å²) in [6.45, 7) is 1.86. The van der Waals surface area contributed by atoms with Crippen molar-refractivity contribution in [2.24, 2.45) is 0 Å². The predicted molar refractivity (Wildman–Crippen MR) is 176 cm³/mol. The van der Waals surface area contributed by atoms with Crippen molar-refractivity contribution < 1.29 is 14.3 Å². The highest BCUT2D eigenvalue weighted by Gasteiger charge is 2.35. The third-order valence-electron chi connectivity index (χ3n) is 7.49. The van der Waals surface area contributed by atoms with E-state index in [1.54, 1.807) is 54.3 Å². The van der Waals surface area contributed by atoms with E-state index in [2.05, 4.69) is 4.98 Å². The van der Waals surface area contributed by atoms with Crippen LogP contribution in [0.5, 0.6) is 5.75 Å². The number of amides is 2. The lowest BCUT2D eigenvalue weighted by Crippen LogP contribution is -2.42. The second-order valence-corrected chi connectivity index (χ2v) is 11.3. The van der Waals surface area contributed by atoms with Crippen molar-refractivity contribution >= 4 is 41.1 Å². The van der Waals surface area contributed by atoms with Crippen molar-refractivity contribution in [1.29, 1.82) is 5.26 Å². The first kappa shape index (κ1) is 30.5. The lowest BCUT2D eigenvalue weighted by atomic mass is 9.93. The number of pyridine rings is 1. The van der Waals surface area contributed by atoms with Crippen molar-refractivity contribution in [3.8, 4) is 28.8 Å². The summed E-state index contributed by atoms with van der Waals surface area (Å²) in [6, 6.07) is 27.7. The second-order valence-electron chi connectivity index (χ2n) is 10.5. The van der Waals surface area contributed by atoms with Gasteiger partial charge in [0, 0.05) is 50.9 Å². The molecule has 10 heteroatoms. The number of rotatable bonds is 8. The maximum Gasteiger partial charge on any atom is 0.271 e. The van der Waals surface area contributed by atoms with E-state index in [9.17, 15) is 14.9 Å². The summed E-state index contributed by atoms with van der Waals surface area (Å²) >= 11 is 12.3. The van der Waals surface area contributed by atoms with E-state index in [1.807, 2.05) is 72.9 Å². The van der Waals surface area contributed by atoms with Gasteiger partial charge in [0.1, 0.15) is 24.0 Å². The van der Waals surface area contributed by atoms with Crippen molar-refractivity contribution in [1.82, 2.24) is 19.7 Å². The van der Waals surface area contributed by atoms with Crippen LogP contribution in [-0.2, 0) is 22.7 Å². The highest BCUT2D eigenvalue weighted by atomic mass is 35.5. The highest BCUT2D eigenvalue weighted by molar-refractivity contribution is 6.35. The number of imide groups is 1. The van der Waals surface area contributed by atoms with Gasteiger partial charge >= 0.3 is 0 Å². The summed E-state index contributed by atoms with van der Waals surface area (Å²) < 4.78 is 7.69. The lowest BCUT2D eigenvalue weighted by molar-refractivity contribution is -0.141. The third-order valence-corrected chi connectivity index (χ3v) is 8.08. The first-order valence-electron chi connectivity index (χ1n) is 14.2. The number of para-hydroxylation sites is 1. The molecule has 0 radical (unpaired) electrons. The van der Waals surface area contributed by atoms with Gasteiger partial charge in [-0.3, -0.25) is 19.5 Å². The number of carbonyl (C=O) groups is 2. The van der Waals surface area contributed by atoms with Crippen LogP contribution in [0.1, 0.15) is 23.6 Å². The SMILES string of the molecule is CC1=C(C#N)C(=O)N(Cc2cccnc2)C(=O)/C1=C/c1cn(-c2ccccc2)nc1-c1ccc(OCc2ccc(Cl)cc2Cl)cc1. The Morgan fingerprint density at radius 2 is 1.74 bits per heavy atom. The molecule has 2 aromatic heterocycles. The number of halogens is 2. The molecule has 1 aliphatic rings. The van der Waals surface area contributed by atoms with Gasteiger partial charge in [0.25, 0.3) is 11.8 Å². The first-order valence-corrected chi connectivity index (χ1v) is 15.0. The van der Waals surface area contributed by atoms with Crippen LogP contribution in [0.25, 0.3) is 23.0 Å². The standard InChI is InChI=1S/C36H25Cl2N5O3/c1-23-31(35(44)42(36(45)32(23)18-39)20-24-6-5-15-40-19-24)16-27-21-43(29-7-3-2-4-8-29)41-34(27)25-10-13-30(14-11-25)46-22-26-9-12-28(37)17-33(26)38/h2-17,19,21H,20,22H2,1H3/b31-16+. The summed E-state index contributed by atoms with van der Waals surface area (Å²) in [5, 5.41) is 15.8. The Labute approximate surface area is 275 Å². The fourth-order valence-corrected chi connectivity index (χ4v) is 5.51. The average molecular weight is 647 g/mol. The average Bonchev–Trinajstić information content (AvgIpc) is 3.50. The molecule has 0 N–H and O–H groups in total. The van der Waals surface area contributed by atoms with Crippen LogP contribution in [0, 0.1) is 11.3 Å². The van der Waals surface area contributed by atoms with Gasteiger partial charge in [0.2, 0.25) is 0 Å². The Hall–Kier alpha value is -5.49. The van der Waals surface area contributed by atoms with Gasteiger partial charge in [-0.2, -0.15) is 10.4 Å². The summed E-state index contributed by atoms with van der Waals surface area (Å²) in [4.78, 5) is 32.2. The Kier molecular flexibility index (Phi) is 8.79. The Morgan fingerprint density at radius 1 is 0.957 bits per heavy atom. The third kappa shape index (κ3) is 6.33. The minimum atomic E-state index is -0.637. The van der Waals surface area contributed by atoms with Crippen LogP contribution in [0.3, 0.4) is 0 Å². The quantitative estimate of drug-likeness (QED) is 0.127. The van der Waals surface area contributed by atoms with Gasteiger partial charge in [0.05, 0.1) is 17.9 Å². The van der Waals surface area contributed by atoms with E-state index in [1.165, 1.54) is 0 Å². The molecule has 3 heterocycles. The number of hydrogen-bond donors (Lipinski definition) is 0. The molecule has 0 saturated carbocycles. The predicted octanol–water partition coefficient (Wildman–Crippen LogP) is 7.61. The zero-order chi connectivity index (χ0) is 32.2. The maximum atomic E-state index is 13.8. The number of aromatic nitrogens is 3. The minimum absolute atomic E-state index is 0.0138. The first-order chi connectivity index (χ1) is 22.3. The van der Waals surface area contributed by atoms with Crippen molar-refractivity contribution in [3.05, 3.63) is 147 Å². The molecule has 226 valence electrons. The molecule has 8 nitrogen and oxygen atoms in total. The number of nitriles is 1. The van der Waals surface area contributed by atoms with Gasteiger partial charge in [-0.1, -0.05) is 53.5 Å². The summed E-state index contributed by atoms with van der Waals surface area (Å²) in [7, 11) is 0. The number of carbonyl (C=O) groups excluding carboxylic acids is 2. The van der Waals surface area contributed by atoms with Crippen LogP contribution in [0.2, 0.25) is 10.0 Å². The topological polar surface area (TPSA) is 101 Å². The fraction of sp³-hybridized carbons (Fsp3) is 0.0833. The van der Waals surface area contributed by atoms with Gasteiger partial charge in [0.15, 0.2) is 0 Å². The molecule has 0 saturated heterocycles. The molecule has 1 aliphatic heterocycles. The zero-order valence-corrected chi connectivity index (χ0v) is 26.0.